The molecule has 140 valence electrons. The van der Waals surface area contributed by atoms with Crippen molar-refractivity contribution >= 4 is 29.1 Å². The van der Waals surface area contributed by atoms with Gasteiger partial charge in [-0.25, -0.2) is 0 Å². The number of fused-ring (bicyclic) bond motifs is 1. The van der Waals surface area contributed by atoms with Crippen LogP contribution in [0.15, 0.2) is 18.2 Å². The molecule has 6 nitrogen and oxygen atoms in total. The van der Waals surface area contributed by atoms with E-state index in [-0.39, 0.29) is 11.9 Å². The summed E-state index contributed by atoms with van der Waals surface area (Å²) in [6, 6.07) is 5.55. The Hall–Kier alpha value is -2.37. The van der Waals surface area contributed by atoms with Crippen LogP contribution in [0.25, 0.3) is 0 Å². The van der Waals surface area contributed by atoms with E-state index in [9.17, 15) is 14.4 Å². The number of carbonyl (C=O) groups excluding carboxylic acids is 3. The van der Waals surface area contributed by atoms with Gasteiger partial charge in [-0.15, -0.1) is 0 Å². The van der Waals surface area contributed by atoms with E-state index >= 15 is 0 Å². The van der Waals surface area contributed by atoms with Crippen molar-refractivity contribution in [1.82, 2.24) is 5.32 Å². The predicted molar refractivity (Wildman–Crippen MR) is 101 cm³/mol. The molecule has 1 aromatic carbocycles. The van der Waals surface area contributed by atoms with Gasteiger partial charge in [0.05, 0.1) is 0 Å². The summed E-state index contributed by atoms with van der Waals surface area (Å²) in [5.74, 6) is -1.18. The first-order valence-electron chi connectivity index (χ1n) is 9.57. The second-order valence-corrected chi connectivity index (χ2v) is 7.23. The lowest BCUT2D eigenvalue weighted by Crippen LogP contribution is -2.41. The molecule has 1 fully saturated rings. The highest BCUT2D eigenvalue weighted by atomic mass is 16.2. The van der Waals surface area contributed by atoms with Gasteiger partial charge in [-0.3, -0.25) is 14.4 Å². The molecule has 1 heterocycles. The molecule has 3 rings (SSSR count). The maximum atomic E-state index is 12.2. The third-order valence-electron chi connectivity index (χ3n) is 5.23. The Kier molecular flexibility index (Phi) is 5.91. The van der Waals surface area contributed by atoms with Crippen LogP contribution in [0.3, 0.4) is 0 Å². The lowest BCUT2D eigenvalue weighted by atomic mass is 10.0. The van der Waals surface area contributed by atoms with Gasteiger partial charge in [0.25, 0.3) is 0 Å². The zero-order valence-corrected chi connectivity index (χ0v) is 15.3. The minimum atomic E-state index is -0.631. The van der Waals surface area contributed by atoms with Crippen molar-refractivity contribution in [3.63, 3.8) is 0 Å². The van der Waals surface area contributed by atoms with Crippen molar-refractivity contribution in [2.75, 3.05) is 16.8 Å². The molecule has 1 aliphatic carbocycles. The van der Waals surface area contributed by atoms with E-state index in [0.29, 0.717) is 5.69 Å². The van der Waals surface area contributed by atoms with Crippen LogP contribution in [0.2, 0.25) is 0 Å². The van der Waals surface area contributed by atoms with Crippen LogP contribution in [0.5, 0.6) is 0 Å². The quantitative estimate of drug-likeness (QED) is 0.631. The number of rotatable bonds is 2. The first-order chi connectivity index (χ1) is 12.5. The highest BCUT2D eigenvalue weighted by Gasteiger charge is 2.22. The first-order valence-corrected chi connectivity index (χ1v) is 9.57. The number of nitrogens with one attached hydrogen (secondary N) is 2. The van der Waals surface area contributed by atoms with E-state index in [2.05, 4.69) is 10.6 Å². The lowest BCUT2D eigenvalue weighted by Gasteiger charge is -2.29. The van der Waals surface area contributed by atoms with Gasteiger partial charge >= 0.3 is 11.8 Å². The average Bonchev–Trinajstić information content (AvgIpc) is 2.89. The molecule has 2 aliphatic rings. The Morgan fingerprint density at radius 3 is 2.42 bits per heavy atom. The second kappa shape index (κ2) is 8.34. The third-order valence-corrected chi connectivity index (χ3v) is 5.23. The molecule has 0 unspecified atom stereocenters. The molecule has 0 radical (unpaired) electrons. The van der Waals surface area contributed by atoms with Crippen LogP contribution in [-0.2, 0) is 20.8 Å². The van der Waals surface area contributed by atoms with Crippen LogP contribution in [-0.4, -0.2) is 30.3 Å². The number of carbonyl (C=O) groups is 3. The summed E-state index contributed by atoms with van der Waals surface area (Å²) >= 11 is 0. The Morgan fingerprint density at radius 2 is 1.73 bits per heavy atom. The summed E-state index contributed by atoms with van der Waals surface area (Å²) in [5, 5.41) is 5.55. The molecule has 3 amide bonds. The van der Waals surface area contributed by atoms with Crippen LogP contribution in [0.1, 0.15) is 57.4 Å². The molecular formula is C20H27N3O3. The molecule has 2 N–H and O–H groups in total. The van der Waals surface area contributed by atoms with Gasteiger partial charge in [-0.1, -0.05) is 25.7 Å². The van der Waals surface area contributed by atoms with Gasteiger partial charge in [0.15, 0.2) is 0 Å². The molecular weight excluding hydrogens is 330 g/mol. The van der Waals surface area contributed by atoms with Crippen LogP contribution in [0.4, 0.5) is 11.4 Å². The standard InChI is InChI=1S/C20H27N3O3/c1-14(24)23-12-6-7-15-13-17(10-11-18(15)23)22-20(26)19(25)21-16-8-4-2-3-5-9-16/h10-11,13,16H,2-9,12H2,1H3,(H,21,25)(H,22,26). The summed E-state index contributed by atoms with van der Waals surface area (Å²) in [6.45, 7) is 2.28. The molecule has 0 aromatic heterocycles. The number of benzene rings is 1. The smallest absolute Gasteiger partial charge is 0.313 e. The van der Waals surface area contributed by atoms with Crippen molar-refractivity contribution in [2.45, 2.75) is 64.3 Å². The number of hydrogen-bond acceptors (Lipinski definition) is 3. The number of aryl methyl sites for hydroxylation is 1. The molecule has 1 saturated carbocycles. The fourth-order valence-electron chi connectivity index (χ4n) is 3.86. The van der Waals surface area contributed by atoms with Crippen molar-refractivity contribution in [2.24, 2.45) is 0 Å². The van der Waals surface area contributed by atoms with E-state index < -0.39 is 11.8 Å². The molecule has 0 spiro atoms. The Morgan fingerprint density at radius 1 is 1.00 bits per heavy atom. The molecule has 0 atom stereocenters. The van der Waals surface area contributed by atoms with Gasteiger partial charge in [-0.2, -0.15) is 0 Å². The van der Waals surface area contributed by atoms with Crippen molar-refractivity contribution in [3.8, 4) is 0 Å². The second-order valence-electron chi connectivity index (χ2n) is 7.23. The monoisotopic (exact) mass is 357 g/mol. The van der Waals surface area contributed by atoms with E-state index in [4.69, 9.17) is 0 Å². The van der Waals surface area contributed by atoms with Crippen LogP contribution in [0, 0.1) is 0 Å². The van der Waals surface area contributed by atoms with Gasteiger partial charge in [-0.05, 0) is 49.4 Å². The highest BCUT2D eigenvalue weighted by Crippen LogP contribution is 2.29. The third kappa shape index (κ3) is 4.42. The molecule has 6 heteroatoms. The highest BCUT2D eigenvalue weighted by molar-refractivity contribution is 6.39. The average molecular weight is 357 g/mol. The van der Waals surface area contributed by atoms with Gasteiger partial charge in [0, 0.05) is 30.9 Å². The maximum Gasteiger partial charge on any atom is 0.313 e. The Labute approximate surface area is 154 Å². The van der Waals surface area contributed by atoms with E-state index in [0.717, 1.165) is 56.3 Å². The minimum Gasteiger partial charge on any atom is -0.345 e. The van der Waals surface area contributed by atoms with E-state index in [1.165, 1.54) is 12.8 Å². The molecule has 1 aliphatic heterocycles. The molecule has 0 bridgehead atoms. The normalized spacial score (nSPS) is 17.8. The largest absolute Gasteiger partial charge is 0.345 e. The van der Waals surface area contributed by atoms with Crippen molar-refractivity contribution in [3.05, 3.63) is 23.8 Å². The van der Waals surface area contributed by atoms with E-state index in [1.54, 1.807) is 17.9 Å². The fourth-order valence-corrected chi connectivity index (χ4v) is 3.86. The van der Waals surface area contributed by atoms with Gasteiger partial charge in [0.1, 0.15) is 0 Å². The number of anilines is 2. The van der Waals surface area contributed by atoms with E-state index in [1.807, 2.05) is 12.1 Å². The van der Waals surface area contributed by atoms with Crippen molar-refractivity contribution < 1.29 is 14.4 Å². The van der Waals surface area contributed by atoms with Gasteiger partial charge in [0.2, 0.25) is 5.91 Å². The lowest BCUT2D eigenvalue weighted by molar-refractivity contribution is -0.136. The Balaban J connectivity index is 1.62. The zero-order valence-electron chi connectivity index (χ0n) is 15.3. The van der Waals surface area contributed by atoms with Gasteiger partial charge < -0.3 is 15.5 Å². The first kappa shape index (κ1) is 18.4. The predicted octanol–water partition coefficient (Wildman–Crippen LogP) is 2.76. The number of nitrogens with zero attached hydrogens (tertiary/aromatic N) is 1. The number of amides is 3. The molecule has 26 heavy (non-hydrogen) atoms. The van der Waals surface area contributed by atoms with Crippen LogP contribution < -0.4 is 15.5 Å². The van der Waals surface area contributed by atoms with Crippen molar-refractivity contribution in [1.29, 1.82) is 0 Å². The zero-order chi connectivity index (χ0) is 18.5. The summed E-state index contributed by atoms with van der Waals surface area (Å²) in [7, 11) is 0. The molecule has 0 saturated heterocycles. The fraction of sp³-hybridized carbons (Fsp3) is 0.550. The van der Waals surface area contributed by atoms with Crippen LogP contribution >= 0.6 is 0 Å². The number of hydrogen-bond donors (Lipinski definition) is 2. The SMILES string of the molecule is CC(=O)N1CCCc2cc(NC(=O)C(=O)NC3CCCCCC3)ccc21. The maximum absolute atomic E-state index is 12.2. The minimum absolute atomic E-state index is 0.0190. The summed E-state index contributed by atoms with van der Waals surface area (Å²) in [6.07, 6.45) is 8.24. The summed E-state index contributed by atoms with van der Waals surface area (Å²) < 4.78 is 0. The topological polar surface area (TPSA) is 78.5 Å². The summed E-state index contributed by atoms with van der Waals surface area (Å²) in [4.78, 5) is 37.9. The summed E-state index contributed by atoms with van der Waals surface area (Å²) in [5.41, 5.74) is 2.51. The Bertz CT molecular complexity index is 694. The molecule has 1 aromatic rings.